The van der Waals surface area contributed by atoms with Crippen molar-refractivity contribution in [2.24, 2.45) is 5.10 Å². The fourth-order valence-electron chi connectivity index (χ4n) is 1.54. The van der Waals surface area contributed by atoms with Crippen LogP contribution in [0.25, 0.3) is 0 Å². The minimum atomic E-state index is -3.09. The fraction of sp³-hybridized carbons (Fsp3) is 0.167. The summed E-state index contributed by atoms with van der Waals surface area (Å²) >= 11 is 0. The lowest BCUT2D eigenvalue weighted by Crippen LogP contribution is -2.05. The molecule has 0 aliphatic heterocycles. The highest BCUT2D eigenvalue weighted by Gasteiger charge is 2.12. The highest BCUT2D eigenvalue weighted by molar-refractivity contribution is 5.80. The van der Waals surface area contributed by atoms with E-state index >= 15 is 0 Å². The van der Waals surface area contributed by atoms with Crippen molar-refractivity contribution in [1.29, 1.82) is 0 Å². The standard InChI is InChI=1S/C12H11F3N4O/c1-7-6-19(12(16)18-7)17-5-8-3-2-4-9(10(8)13)20-11(14)15/h2-6,11H,1H3,(H2,16,18). The first-order valence-electron chi connectivity index (χ1n) is 5.56. The van der Waals surface area contributed by atoms with Crippen LogP contribution in [0.1, 0.15) is 11.3 Å². The van der Waals surface area contributed by atoms with E-state index in [1.54, 1.807) is 13.1 Å². The molecule has 8 heteroatoms. The largest absolute Gasteiger partial charge is 0.432 e. The summed E-state index contributed by atoms with van der Waals surface area (Å²) in [6.45, 7) is -1.37. The van der Waals surface area contributed by atoms with Crippen LogP contribution in [-0.2, 0) is 0 Å². The molecule has 106 valence electrons. The van der Waals surface area contributed by atoms with Crippen molar-refractivity contribution in [3.05, 3.63) is 41.5 Å². The third-order valence-corrected chi connectivity index (χ3v) is 2.37. The van der Waals surface area contributed by atoms with Gasteiger partial charge in [0.2, 0.25) is 5.95 Å². The second kappa shape index (κ2) is 5.64. The molecule has 2 N–H and O–H groups in total. The molecule has 0 fully saturated rings. The molecule has 0 aliphatic carbocycles. The third-order valence-electron chi connectivity index (χ3n) is 2.37. The van der Waals surface area contributed by atoms with Crippen molar-refractivity contribution in [1.82, 2.24) is 9.66 Å². The van der Waals surface area contributed by atoms with Gasteiger partial charge in [-0.1, -0.05) is 12.1 Å². The van der Waals surface area contributed by atoms with Crippen molar-refractivity contribution < 1.29 is 17.9 Å². The van der Waals surface area contributed by atoms with Gasteiger partial charge in [0.1, 0.15) is 0 Å². The first-order chi connectivity index (χ1) is 9.47. The van der Waals surface area contributed by atoms with Crippen LogP contribution >= 0.6 is 0 Å². The highest BCUT2D eigenvalue weighted by atomic mass is 19.3. The highest BCUT2D eigenvalue weighted by Crippen LogP contribution is 2.21. The number of nitrogen functional groups attached to an aromatic ring is 1. The summed E-state index contributed by atoms with van der Waals surface area (Å²) in [5.74, 6) is -1.33. The van der Waals surface area contributed by atoms with Gasteiger partial charge in [0.25, 0.3) is 0 Å². The van der Waals surface area contributed by atoms with Gasteiger partial charge < -0.3 is 10.5 Å². The Kier molecular flexibility index (Phi) is 3.92. The molecule has 0 saturated heterocycles. The van der Waals surface area contributed by atoms with Gasteiger partial charge in [-0.15, -0.1) is 0 Å². The van der Waals surface area contributed by atoms with E-state index in [0.29, 0.717) is 5.69 Å². The number of alkyl halides is 2. The predicted molar refractivity (Wildman–Crippen MR) is 67.4 cm³/mol. The Bertz CT molecular complexity index is 640. The predicted octanol–water partition coefficient (Wildman–Crippen LogP) is 2.40. The number of nitrogens with two attached hydrogens (primary N) is 1. The summed E-state index contributed by atoms with van der Waals surface area (Å²) in [4.78, 5) is 3.91. The smallest absolute Gasteiger partial charge is 0.387 e. The molecule has 0 radical (unpaired) electrons. The number of rotatable bonds is 4. The van der Waals surface area contributed by atoms with Gasteiger partial charge in [0.15, 0.2) is 11.6 Å². The van der Waals surface area contributed by atoms with E-state index in [1.165, 1.54) is 16.8 Å². The van der Waals surface area contributed by atoms with Crippen molar-refractivity contribution >= 4 is 12.2 Å². The molecule has 0 bridgehead atoms. The summed E-state index contributed by atoms with van der Waals surface area (Å²) in [5.41, 5.74) is 6.20. The molecule has 0 saturated carbocycles. The van der Waals surface area contributed by atoms with Crippen LogP contribution < -0.4 is 10.5 Å². The molecule has 0 atom stereocenters. The quantitative estimate of drug-likeness (QED) is 0.877. The molecule has 5 nitrogen and oxygen atoms in total. The van der Waals surface area contributed by atoms with Crippen LogP contribution in [0.3, 0.4) is 0 Å². The first-order valence-corrected chi connectivity index (χ1v) is 5.56. The SMILES string of the molecule is Cc1cn(N=Cc2cccc(OC(F)F)c2F)c(N)n1. The van der Waals surface area contributed by atoms with E-state index in [-0.39, 0.29) is 11.5 Å². The van der Waals surface area contributed by atoms with Gasteiger partial charge >= 0.3 is 6.61 Å². The van der Waals surface area contributed by atoms with E-state index < -0.39 is 18.2 Å². The van der Waals surface area contributed by atoms with E-state index in [2.05, 4.69) is 14.8 Å². The summed E-state index contributed by atoms with van der Waals surface area (Å²) in [7, 11) is 0. The Morgan fingerprint density at radius 3 is 2.80 bits per heavy atom. The lowest BCUT2D eigenvalue weighted by molar-refractivity contribution is -0.0521. The topological polar surface area (TPSA) is 65.4 Å². The molecular weight excluding hydrogens is 273 g/mol. The molecule has 0 amide bonds. The molecule has 20 heavy (non-hydrogen) atoms. The monoisotopic (exact) mass is 284 g/mol. The molecule has 2 rings (SSSR count). The average molecular weight is 284 g/mol. The number of aryl methyl sites for hydroxylation is 1. The zero-order chi connectivity index (χ0) is 14.7. The number of imidazole rings is 1. The maximum absolute atomic E-state index is 13.8. The molecule has 0 spiro atoms. The number of aromatic nitrogens is 2. The average Bonchev–Trinajstić information content (AvgIpc) is 2.68. The summed E-state index contributed by atoms with van der Waals surface area (Å²) in [5, 5.41) is 3.90. The second-order valence-corrected chi connectivity index (χ2v) is 3.87. The summed E-state index contributed by atoms with van der Waals surface area (Å²) < 4.78 is 43.3. The number of ether oxygens (including phenoxy) is 1. The molecule has 1 aromatic heterocycles. The molecule has 2 aromatic rings. The number of halogens is 3. The number of hydrogen-bond acceptors (Lipinski definition) is 4. The number of benzene rings is 1. The molecule has 1 heterocycles. The van der Waals surface area contributed by atoms with Gasteiger partial charge in [0, 0.05) is 5.56 Å². The Morgan fingerprint density at radius 2 is 2.20 bits per heavy atom. The fourth-order valence-corrected chi connectivity index (χ4v) is 1.54. The van der Waals surface area contributed by atoms with Crippen LogP contribution in [0.15, 0.2) is 29.5 Å². The zero-order valence-corrected chi connectivity index (χ0v) is 10.4. The van der Waals surface area contributed by atoms with Crippen LogP contribution in [-0.4, -0.2) is 22.5 Å². The van der Waals surface area contributed by atoms with Crippen molar-refractivity contribution in [2.75, 3.05) is 5.73 Å². The molecular formula is C12H11F3N4O. The van der Waals surface area contributed by atoms with E-state index in [4.69, 9.17) is 5.73 Å². The maximum Gasteiger partial charge on any atom is 0.387 e. The normalized spacial score (nSPS) is 11.4. The summed E-state index contributed by atoms with van der Waals surface area (Å²) in [6, 6.07) is 3.86. The van der Waals surface area contributed by atoms with E-state index in [9.17, 15) is 13.2 Å². The van der Waals surface area contributed by atoms with Gasteiger partial charge in [-0.05, 0) is 13.0 Å². The Labute approximate surface area is 112 Å². The number of anilines is 1. The van der Waals surface area contributed by atoms with Gasteiger partial charge in [-0.3, -0.25) is 0 Å². The number of hydrogen-bond donors (Lipinski definition) is 1. The van der Waals surface area contributed by atoms with Gasteiger partial charge in [-0.25, -0.2) is 14.1 Å². The minimum absolute atomic E-state index is 0.00565. The third kappa shape index (κ3) is 3.08. The van der Waals surface area contributed by atoms with Crippen LogP contribution in [0.2, 0.25) is 0 Å². The lowest BCUT2D eigenvalue weighted by atomic mass is 10.2. The van der Waals surface area contributed by atoms with Gasteiger partial charge in [-0.2, -0.15) is 13.9 Å². The van der Waals surface area contributed by atoms with Crippen LogP contribution in [0, 0.1) is 12.7 Å². The van der Waals surface area contributed by atoms with Crippen molar-refractivity contribution in [2.45, 2.75) is 13.5 Å². The van der Waals surface area contributed by atoms with Gasteiger partial charge in [0.05, 0.1) is 18.1 Å². The second-order valence-electron chi connectivity index (χ2n) is 3.87. The maximum atomic E-state index is 13.8. The van der Waals surface area contributed by atoms with Crippen LogP contribution in [0.4, 0.5) is 19.1 Å². The first kappa shape index (κ1) is 13.9. The Hall–Kier alpha value is -2.51. The van der Waals surface area contributed by atoms with Crippen LogP contribution in [0.5, 0.6) is 5.75 Å². The van der Waals surface area contributed by atoms with E-state index in [1.807, 2.05) is 0 Å². The Balaban J connectivity index is 2.27. The molecule has 0 unspecified atom stereocenters. The van der Waals surface area contributed by atoms with Crippen molar-refractivity contribution in [3.63, 3.8) is 0 Å². The van der Waals surface area contributed by atoms with Crippen molar-refractivity contribution in [3.8, 4) is 5.75 Å². The lowest BCUT2D eigenvalue weighted by Gasteiger charge is -2.06. The molecule has 1 aromatic carbocycles. The number of nitrogens with zero attached hydrogens (tertiary/aromatic N) is 3. The molecule has 0 aliphatic rings. The zero-order valence-electron chi connectivity index (χ0n) is 10.4. The minimum Gasteiger partial charge on any atom is -0.432 e. The van der Waals surface area contributed by atoms with E-state index in [0.717, 1.165) is 12.3 Å². The Morgan fingerprint density at radius 1 is 1.45 bits per heavy atom. The summed E-state index contributed by atoms with van der Waals surface area (Å²) in [6.07, 6.45) is 2.69.